The number of nitrogens with zero attached hydrogens (tertiary/aromatic N) is 1. The number of rotatable bonds is 2. The van der Waals surface area contributed by atoms with Crippen molar-refractivity contribution in [2.75, 3.05) is 0 Å². The van der Waals surface area contributed by atoms with E-state index >= 15 is 0 Å². The minimum Gasteiger partial charge on any atom is -0.272 e. The summed E-state index contributed by atoms with van der Waals surface area (Å²) in [4.78, 5) is 21.3. The summed E-state index contributed by atoms with van der Waals surface area (Å²) in [5.74, 6) is -1.23. The molecule has 11 heavy (non-hydrogen) atoms. The van der Waals surface area contributed by atoms with E-state index in [1.807, 2.05) is 0 Å². The predicted octanol–water partition coefficient (Wildman–Crippen LogP) is -1.41. The molecule has 1 rings (SSSR count). The van der Waals surface area contributed by atoms with Crippen LogP contribution >= 0.6 is 0 Å². The van der Waals surface area contributed by atoms with Gasteiger partial charge in [0.05, 0.1) is 0 Å². The number of thiol groups is 1. The Kier molecular flexibility index (Phi) is 2.20. The Morgan fingerprint density at radius 2 is 1.64 bits per heavy atom. The maximum atomic E-state index is 10.6. The normalized spacial score (nSPS) is 18.5. The fourth-order valence-electron chi connectivity index (χ4n) is 0.714. The standard InChI is InChI=1S/C4H5NO5S/c6-3-1-2-4(7)5(3)10-11(8)9/h11H,1-2H2. The van der Waals surface area contributed by atoms with Crippen LogP contribution in [0.3, 0.4) is 0 Å². The number of carbonyl (C=O) groups is 2. The number of imide groups is 1. The second kappa shape index (κ2) is 2.97. The number of amides is 2. The van der Waals surface area contributed by atoms with Gasteiger partial charge in [0.25, 0.3) is 22.8 Å². The fraction of sp³-hybridized carbons (Fsp3) is 0.500. The summed E-state index contributed by atoms with van der Waals surface area (Å²) in [6.07, 6.45) is 0.0318. The Bertz CT molecular complexity index is 246. The van der Waals surface area contributed by atoms with Gasteiger partial charge in [0.15, 0.2) is 0 Å². The molecule has 1 saturated heterocycles. The second-order valence-electron chi connectivity index (χ2n) is 1.89. The van der Waals surface area contributed by atoms with E-state index in [1.165, 1.54) is 0 Å². The molecule has 1 fully saturated rings. The molecule has 2 amide bonds. The van der Waals surface area contributed by atoms with Gasteiger partial charge >= 0.3 is 0 Å². The summed E-state index contributed by atoms with van der Waals surface area (Å²) >= 11 is 0. The van der Waals surface area contributed by atoms with Crippen molar-refractivity contribution in [3.05, 3.63) is 0 Å². The first kappa shape index (κ1) is 8.15. The van der Waals surface area contributed by atoms with Crippen LogP contribution in [-0.2, 0) is 24.9 Å². The molecular weight excluding hydrogens is 174 g/mol. The molecule has 0 aromatic carbocycles. The van der Waals surface area contributed by atoms with Crippen molar-refractivity contribution in [3.8, 4) is 0 Å². The van der Waals surface area contributed by atoms with Crippen LogP contribution in [0, 0.1) is 0 Å². The lowest BCUT2D eigenvalue weighted by molar-refractivity contribution is -0.163. The van der Waals surface area contributed by atoms with E-state index in [2.05, 4.69) is 4.28 Å². The topological polar surface area (TPSA) is 80.8 Å². The second-order valence-corrected chi connectivity index (χ2v) is 2.50. The number of hydrogen-bond acceptors (Lipinski definition) is 5. The highest BCUT2D eigenvalue weighted by Gasteiger charge is 2.31. The van der Waals surface area contributed by atoms with Crippen LogP contribution in [0.4, 0.5) is 0 Å². The Labute approximate surface area is 63.8 Å². The summed E-state index contributed by atoms with van der Waals surface area (Å²) in [7, 11) is -3.18. The molecule has 0 N–H and O–H groups in total. The average Bonchev–Trinajstić information content (AvgIpc) is 2.18. The van der Waals surface area contributed by atoms with Gasteiger partial charge in [-0.25, -0.2) is 8.42 Å². The molecule has 6 nitrogen and oxygen atoms in total. The largest absolute Gasteiger partial charge is 0.278 e. The average molecular weight is 179 g/mol. The third-order valence-corrected chi connectivity index (χ3v) is 1.45. The molecule has 0 aromatic rings. The first-order valence-corrected chi connectivity index (χ1v) is 3.89. The smallest absolute Gasteiger partial charge is 0.272 e. The Morgan fingerprint density at radius 3 is 2.00 bits per heavy atom. The van der Waals surface area contributed by atoms with Gasteiger partial charge < -0.3 is 0 Å². The molecule has 1 aliphatic rings. The molecule has 0 aliphatic carbocycles. The molecule has 62 valence electrons. The molecule has 0 atom stereocenters. The minimum atomic E-state index is -3.18. The van der Waals surface area contributed by atoms with E-state index in [1.54, 1.807) is 0 Å². The van der Waals surface area contributed by atoms with Crippen molar-refractivity contribution in [2.24, 2.45) is 0 Å². The summed E-state index contributed by atoms with van der Waals surface area (Å²) in [5.41, 5.74) is 0. The highest BCUT2D eigenvalue weighted by molar-refractivity contribution is 7.67. The molecular formula is C4H5NO5S. The van der Waals surface area contributed by atoms with Gasteiger partial charge in [0.2, 0.25) is 0 Å². The van der Waals surface area contributed by atoms with Crippen LogP contribution in [-0.4, -0.2) is 25.3 Å². The zero-order valence-electron chi connectivity index (χ0n) is 5.35. The summed E-state index contributed by atoms with van der Waals surface area (Å²) in [6, 6.07) is 0. The van der Waals surface area contributed by atoms with Crippen LogP contribution in [0.15, 0.2) is 0 Å². The number of carbonyl (C=O) groups excluding carboxylic acids is 2. The van der Waals surface area contributed by atoms with Gasteiger partial charge in [0.1, 0.15) is 0 Å². The maximum absolute atomic E-state index is 10.6. The van der Waals surface area contributed by atoms with Gasteiger partial charge in [0, 0.05) is 12.8 Å². The van der Waals surface area contributed by atoms with E-state index in [0.29, 0.717) is 0 Å². The molecule has 0 spiro atoms. The van der Waals surface area contributed by atoms with Crippen molar-refractivity contribution in [3.63, 3.8) is 0 Å². The summed E-state index contributed by atoms with van der Waals surface area (Å²) in [6.45, 7) is 0. The molecule has 1 aliphatic heterocycles. The Morgan fingerprint density at radius 1 is 1.18 bits per heavy atom. The van der Waals surface area contributed by atoms with E-state index in [-0.39, 0.29) is 17.9 Å². The summed E-state index contributed by atoms with van der Waals surface area (Å²) in [5, 5.41) is 0.270. The van der Waals surface area contributed by atoms with Crippen molar-refractivity contribution in [1.82, 2.24) is 5.06 Å². The highest BCUT2D eigenvalue weighted by atomic mass is 32.2. The minimum absolute atomic E-state index is 0.0159. The first-order valence-electron chi connectivity index (χ1n) is 2.79. The van der Waals surface area contributed by atoms with Crippen LogP contribution < -0.4 is 0 Å². The van der Waals surface area contributed by atoms with Crippen LogP contribution in [0.1, 0.15) is 12.8 Å². The number of hydrogen-bond donors (Lipinski definition) is 1. The van der Waals surface area contributed by atoms with Crippen molar-refractivity contribution in [2.45, 2.75) is 12.8 Å². The van der Waals surface area contributed by atoms with Gasteiger partial charge in [-0.05, 0) is 0 Å². The molecule has 0 unspecified atom stereocenters. The maximum Gasteiger partial charge on any atom is 0.278 e. The zero-order valence-corrected chi connectivity index (χ0v) is 6.24. The van der Waals surface area contributed by atoms with Gasteiger partial charge in [-0.1, -0.05) is 0 Å². The lowest BCUT2D eigenvalue weighted by atomic mass is 10.4. The summed E-state index contributed by atoms with van der Waals surface area (Å²) < 4.78 is 23.8. The molecule has 0 saturated carbocycles. The lowest BCUT2D eigenvalue weighted by Crippen LogP contribution is -2.28. The Balaban J connectivity index is 2.69. The van der Waals surface area contributed by atoms with E-state index in [9.17, 15) is 18.0 Å². The van der Waals surface area contributed by atoms with Crippen molar-refractivity contribution < 1.29 is 22.3 Å². The fourth-order valence-corrected chi connectivity index (χ4v) is 1.03. The SMILES string of the molecule is O=C1CCC(=O)N1O[SH](=O)=O. The molecule has 1 heterocycles. The third kappa shape index (κ3) is 1.75. The monoisotopic (exact) mass is 179 g/mol. The molecule has 0 bridgehead atoms. The lowest BCUT2D eigenvalue weighted by Gasteiger charge is -2.05. The predicted molar refractivity (Wildman–Crippen MR) is 32.5 cm³/mol. The van der Waals surface area contributed by atoms with Crippen LogP contribution in [0.5, 0.6) is 0 Å². The Hall–Kier alpha value is -0.950. The van der Waals surface area contributed by atoms with Crippen molar-refractivity contribution in [1.29, 1.82) is 0 Å². The van der Waals surface area contributed by atoms with E-state index in [4.69, 9.17) is 0 Å². The van der Waals surface area contributed by atoms with Crippen LogP contribution in [0.25, 0.3) is 0 Å². The third-order valence-electron chi connectivity index (χ3n) is 1.15. The van der Waals surface area contributed by atoms with Crippen molar-refractivity contribution >= 4 is 22.8 Å². The molecule has 0 radical (unpaired) electrons. The quantitative estimate of drug-likeness (QED) is 0.416. The van der Waals surface area contributed by atoms with Gasteiger partial charge in [-0.3, -0.25) is 9.59 Å². The zero-order chi connectivity index (χ0) is 8.43. The number of hydroxylamine groups is 2. The molecule has 7 heteroatoms. The van der Waals surface area contributed by atoms with Gasteiger partial charge in [-0.15, -0.1) is 9.35 Å². The first-order chi connectivity index (χ1) is 5.11. The van der Waals surface area contributed by atoms with Crippen LogP contribution in [0.2, 0.25) is 0 Å². The van der Waals surface area contributed by atoms with E-state index in [0.717, 1.165) is 0 Å². The molecule has 0 aromatic heterocycles. The van der Waals surface area contributed by atoms with E-state index < -0.39 is 22.8 Å². The van der Waals surface area contributed by atoms with Gasteiger partial charge in [-0.2, -0.15) is 0 Å². The highest BCUT2D eigenvalue weighted by Crippen LogP contribution is 2.11.